The summed E-state index contributed by atoms with van der Waals surface area (Å²) in [6.07, 6.45) is 1.75. The second-order valence-corrected chi connectivity index (χ2v) is 4.78. The smallest absolute Gasteiger partial charge is 0.488 e. The first-order valence-corrected chi connectivity index (χ1v) is 6.61. The number of nitrogens with zero attached hydrogens (tertiary/aromatic N) is 1. The van der Waals surface area contributed by atoms with Crippen molar-refractivity contribution in [1.82, 2.24) is 4.98 Å². The quantitative estimate of drug-likeness (QED) is 0.802. The zero-order chi connectivity index (χ0) is 15.4. The summed E-state index contributed by atoms with van der Waals surface area (Å²) in [4.78, 5) is 4.36. The Bertz CT molecular complexity index is 631. The molecule has 1 aromatic carbocycles. The second-order valence-electron chi connectivity index (χ2n) is 4.78. The minimum atomic E-state index is -1.51. The van der Waals surface area contributed by atoms with Gasteiger partial charge in [0.1, 0.15) is 18.1 Å². The van der Waals surface area contributed by atoms with Gasteiger partial charge in [-0.2, -0.15) is 0 Å². The Morgan fingerprint density at radius 2 is 2.00 bits per heavy atom. The molecule has 0 saturated heterocycles. The molecule has 0 spiro atoms. The summed E-state index contributed by atoms with van der Waals surface area (Å²) in [6.45, 7) is 4.16. The number of rotatable bonds is 5. The van der Waals surface area contributed by atoms with Gasteiger partial charge >= 0.3 is 7.12 Å². The van der Waals surface area contributed by atoms with Crippen molar-refractivity contribution in [3.63, 3.8) is 0 Å². The number of benzene rings is 1. The van der Waals surface area contributed by atoms with Gasteiger partial charge in [-0.05, 0) is 31.4 Å². The molecule has 110 valence electrons. The summed E-state index contributed by atoms with van der Waals surface area (Å²) in [5.41, 5.74) is 3.09. The highest BCUT2D eigenvalue weighted by Gasteiger charge is 2.13. The highest BCUT2D eigenvalue weighted by Crippen LogP contribution is 2.24. The summed E-state index contributed by atoms with van der Waals surface area (Å²) in [6, 6.07) is 6.67. The van der Waals surface area contributed by atoms with Gasteiger partial charge in [-0.1, -0.05) is 12.1 Å². The van der Waals surface area contributed by atoms with Crippen molar-refractivity contribution in [2.75, 3.05) is 7.11 Å². The first-order valence-electron chi connectivity index (χ1n) is 6.61. The Hall–Kier alpha value is -2.05. The molecule has 0 fully saturated rings. The molecular weight excluding hydrogens is 269 g/mol. The van der Waals surface area contributed by atoms with E-state index in [0.29, 0.717) is 11.2 Å². The van der Waals surface area contributed by atoms with Gasteiger partial charge in [-0.25, -0.2) is 0 Å². The molecule has 0 aliphatic heterocycles. The van der Waals surface area contributed by atoms with Crippen LogP contribution in [0.2, 0.25) is 0 Å². The first-order chi connectivity index (χ1) is 10.0. The second kappa shape index (κ2) is 6.60. The predicted octanol–water partition coefficient (Wildman–Crippen LogP) is 0.966. The van der Waals surface area contributed by atoms with Crippen LogP contribution in [0.25, 0.3) is 0 Å². The molecule has 0 radical (unpaired) electrons. The van der Waals surface area contributed by atoms with Gasteiger partial charge in [0.2, 0.25) is 0 Å². The zero-order valence-electron chi connectivity index (χ0n) is 12.3. The maximum atomic E-state index is 9.15. The summed E-state index contributed by atoms with van der Waals surface area (Å²) in [5, 5.41) is 18.3. The average Bonchev–Trinajstić information content (AvgIpc) is 2.47. The SMILES string of the molecule is COc1c(C)cnc(COc2cccc(B(O)O)c2)c1C. The molecule has 0 aliphatic rings. The fourth-order valence-electron chi connectivity index (χ4n) is 2.13. The number of aryl methyl sites for hydroxylation is 1. The number of hydrogen-bond acceptors (Lipinski definition) is 5. The topological polar surface area (TPSA) is 71.8 Å². The molecule has 1 heterocycles. The number of pyridine rings is 1. The van der Waals surface area contributed by atoms with Gasteiger partial charge in [0.15, 0.2) is 0 Å². The molecule has 1 aromatic heterocycles. The molecule has 6 heteroatoms. The Morgan fingerprint density at radius 1 is 1.24 bits per heavy atom. The van der Waals surface area contributed by atoms with Crippen molar-refractivity contribution in [3.8, 4) is 11.5 Å². The van der Waals surface area contributed by atoms with Crippen LogP contribution in [0.1, 0.15) is 16.8 Å². The summed E-state index contributed by atoms with van der Waals surface area (Å²) in [7, 11) is 0.124. The summed E-state index contributed by atoms with van der Waals surface area (Å²) < 4.78 is 11.0. The van der Waals surface area contributed by atoms with Crippen LogP contribution >= 0.6 is 0 Å². The molecule has 0 atom stereocenters. The Labute approximate surface area is 124 Å². The predicted molar refractivity (Wildman–Crippen MR) is 80.9 cm³/mol. The molecule has 0 unspecified atom stereocenters. The van der Waals surface area contributed by atoms with Crippen LogP contribution in [0.4, 0.5) is 0 Å². The first kappa shape index (κ1) is 15.3. The van der Waals surface area contributed by atoms with Crippen molar-refractivity contribution < 1.29 is 19.5 Å². The van der Waals surface area contributed by atoms with E-state index in [2.05, 4.69) is 4.98 Å². The van der Waals surface area contributed by atoms with E-state index in [-0.39, 0.29) is 6.61 Å². The van der Waals surface area contributed by atoms with Crippen molar-refractivity contribution in [2.24, 2.45) is 0 Å². The van der Waals surface area contributed by atoms with E-state index in [1.807, 2.05) is 13.8 Å². The molecule has 0 saturated carbocycles. The number of hydrogen-bond donors (Lipinski definition) is 2. The average molecular weight is 287 g/mol. The van der Waals surface area contributed by atoms with Crippen molar-refractivity contribution >= 4 is 12.6 Å². The van der Waals surface area contributed by atoms with Crippen LogP contribution in [0.3, 0.4) is 0 Å². The molecular formula is C15H18BNO4. The number of ether oxygens (including phenoxy) is 2. The zero-order valence-corrected chi connectivity index (χ0v) is 12.3. The van der Waals surface area contributed by atoms with Gasteiger partial charge < -0.3 is 19.5 Å². The van der Waals surface area contributed by atoms with Crippen LogP contribution in [-0.2, 0) is 6.61 Å². The van der Waals surface area contributed by atoms with Gasteiger partial charge in [0.05, 0.1) is 12.8 Å². The van der Waals surface area contributed by atoms with Crippen molar-refractivity contribution in [3.05, 3.63) is 47.3 Å². The lowest BCUT2D eigenvalue weighted by atomic mass is 9.80. The highest BCUT2D eigenvalue weighted by atomic mass is 16.5. The van der Waals surface area contributed by atoms with Crippen LogP contribution in [0, 0.1) is 13.8 Å². The lowest BCUT2D eigenvalue weighted by Crippen LogP contribution is -2.29. The Balaban J connectivity index is 2.15. The monoisotopic (exact) mass is 287 g/mol. The summed E-state index contributed by atoms with van der Waals surface area (Å²) in [5.74, 6) is 1.37. The molecule has 5 nitrogen and oxygen atoms in total. The Kier molecular flexibility index (Phi) is 4.83. The Morgan fingerprint density at radius 3 is 2.67 bits per heavy atom. The molecule has 0 bridgehead atoms. The lowest BCUT2D eigenvalue weighted by molar-refractivity contribution is 0.299. The van der Waals surface area contributed by atoms with Gasteiger partial charge in [0.25, 0.3) is 0 Å². The fraction of sp³-hybridized carbons (Fsp3) is 0.267. The van der Waals surface area contributed by atoms with Crippen LogP contribution in [0.15, 0.2) is 30.5 Å². The van der Waals surface area contributed by atoms with E-state index in [0.717, 1.165) is 22.6 Å². The molecule has 2 rings (SSSR count). The fourth-order valence-corrected chi connectivity index (χ4v) is 2.13. The molecule has 0 aliphatic carbocycles. The van der Waals surface area contributed by atoms with E-state index in [1.165, 1.54) is 0 Å². The van der Waals surface area contributed by atoms with Crippen LogP contribution in [0.5, 0.6) is 11.5 Å². The standard InChI is InChI=1S/C15H18BNO4/c1-10-8-17-14(11(2)15(10)20-3)9-21-13-6-4-5-12(7-13)16(18)19/h4-8,18-19H,9H2,1-3H3. The van der Waals surface area contributed by atoms with Crippen LogP contribution < -0.4 is 14.9 Å². The molecule has 2 N–H and O–H groups in total. The van der Waals surface area contributed by atoms with Crippen molar-refractivity contribution in [2.45, 2.75) is 20.5 Å². The van der Waals surface area contributed by atoms with E-state index >= 15 is 0 Å². The third-order valence-electron chi connectivity index (χ3n) is 3.28. The largest absolute Gasteiger partial charge is 0.496 e. The maximum absolute atomic E-state index is 9.15. The van der Waals surface area contributed by atoms with Crippen molar-refractivity contribution in [1.29, 1.82) is 0 Å². The molecule has 2 aromatic rings. The highest BCUT2D eigenvalue weighted by molar-refractivity contribution is 6.58. The van der Waals surface area contributed by atoms with Gasteiger partial charge in [-0.3, -0.25) is 4.98 Å². The van der Waals surface area contributed by atoms with Gasteiger partial charge in [0, 0.05) is 17.3 Å². The van der Waals surface area contributed by atoms with E-state index in [4.69, 9.17) is 19.5 Å². The summed E-state index contributed by atoms with van der Waals surface area (Å²) >= 11 is 0. The van der Waals surface area contributed by atoms with Gasteiger partial charge in [-0.15, -0.1) is 0 Å². The number of aromatic nitrogens is 1. The normalized spacial score (nSPS) is 10.3. The van der Waals surface area contributed by atoms with E-state index in [9.17, 15) is 0 Å². The number of methoxy groups -OCH3 is 1. The third kappa shape index (κ3) is 3.54. The maximum Gasteiger partial charge on any atom is 0.488 e. The van der Waals surface area contributed by atoms with E-state index in [1.54, 1.807) is 37.6 Å². The molecule has 0 amide bonds. The minimum Gasteiger partial charge on any atom is -0.496 e. The van der Waals surface area contributed by atoms with Crippen LogP contribution in [-0.4, -0.2) is 29.3 Å². The third-order valence-corrected chi connectivity index (χ3v) is 3.28. The lowest BCUT2D eigenvalue weighted by Gasteiger charge is -2.13. The molecule has 21 heavy (non-hydrogen) atoms. The van der Waals surface area contributed by atoms with E-state index < -0.39 is 7.12 Å². The minimum absolute atomic E-state index is 0.285.